The fourth-order valence-electron chi connectivity index (χ4n) is 1.73. The average molecular weight is 342 g/mol. The molecule has 1 atom stereocenters. The number of aryl methyl sites for hydroxylation is 1. The van der Waals surface area contributed by atoms with Crippen LogP contribution in [0.4, 0.5) is 10.1 Å². The molecule has 2 rings (SSSR count). The molecule has 5 heteroatoms. The lowest BCUT2D eigenvalue weighted by Crippen LogP contribution is -2.03. The van der Waals surface area contributed by atoms with Gasteiger partial charge >= 0.3 is 0 Å². The molecule has 2 N–H and O–H groups in total. The molecule has 100 valence electrons. The third-order valence-corrected chi connectivity index (χ3v) is 4.74. The second-order valence-electron chi connectivity index (χ2n) is 4.21. The Balaban J connectivity index is 2.31. The summed E-state index contributed by atoms with van der Waals surface area (Å²) in [4.78, 5) is 0.555. The van der Waals surface area contributed by atoms with E-state index in [-0.39, 0.29) is 11.6 Å². The van der Waals surface area contributed by atoms with Crippen molar-refractivity contribution in [3.05, 3.63) is 57.8 Å². The number of nitrogens with two attached hydrogens (primary N) is 1. The summed E-state index contributed by atoms with van der Waals surface area (Å²) in [6, 6.07) is 9.98. The van der Waals surface area contributed by atoms with Crippen LogP contribution in [-0.2, 0) is 16.6 Å². The molecule has 0 aliphatic carbocycles. The van der Waals surface area contributed by atoms with Crippen LogP contribution in [-0.4, -0.2) is 4.21 Å². The number of benzene rings is 2. The Labute approximate surface area is 122 Å². The maximum Gasteiger partial charge on any atom is 0.127 e. The zero-order valence-corrected chi connectivity index (χ0v) is 12.7. The van der Waals surface area contributed by atoms with E-state index in [2.05, 4.69) is 15.9 Å². The largest absolute Gasteiger partial charge is 0.398 e. The molecule has 0 amide bonds. The molecule has 2 aromatic carbocycles. The Hall–Kier alpha value is -1.20. The molecule has 19 heavy (non-hydrogen) atoms. The lowest BCUT2D eigenvalue weighted by molar-refractivity contribution is 0.615. The van der Waals surface area contributed by atoms with Crippen molar-refractivity contribution in [2.45, 2.75) is 17.6 Å². The van der Waals surface area contributed by atoms with Crippen LogP contribution >= 0.6 is 15.9 Å². The van der Waals surface area contributed by atoms with Gasteiger partial charge in [0, 0.05) is 10.0 Å². The summed E-state index contributed by atoms with van der Waals surface area (Å²) in [5, 5.41) is 0. The third-order valence-electron chi connectivity index (χ3n) is 2.82. The van der Waals surface area contributed by atoms with Gasteiger partial charge in [0.25, 0.3) is 0 Å². The summed E-state index contributed by atoms with van der Waals surface area (Å²) in [5.41, 5.74) is 7.71. The van der Waals surface area contributed by atoms with Crippen LogP contribution in [0.1, 0.15) is 11.1 Å². The van der Waals surface area contributed by atoms with E-state index >= 15 is 0 Å². The van der Waals surface area contributed by atoms with Gasteiger partial charge in [-0.3, -0.25) is 4.21 Å². The fraction of sp³-hybridized carbons (Fsp3) is 0.143. The van der Waals surface area contributed by atoms with Crippen LogP contribution in [0.2, 0.25) is 0 Å². The fourth-order valence-corrected chi connectivity index (χ4v) is 3.43. The Bertz CT molecular complexity index is 645. The Morgan fingerprint density at radius 1 is 1.32 bits per heavy atom. The van der Waals surface area contributed by atoms with Gasteiger partial charge in [0.15, 0.2) is 0 Å². The minimum absolute atomic E-state index is 0.110. The Morgan fingerprint density at radius 3 is 2.79 bits per heavy atom. The normalized spacial score (nSPS) is 12.4. The van der Waals surface area contributed by atoms with Crippen LogP contribution in [0, 0.1) is 12.7 Å². The van der Waals surface area contributed by atoms with Crippen LogP contribution in [0.5, 0.6) is 0 Å². The summed E-state index contributed by atoms with van der Waals surface area (Å²) in [6.07, 6.45) is 0. The van der Waals surface area contributed by atoms with Gasteiger partial charge < -0.3 is 5.73 Å². The monoisotopic (exact) mass is 341 g/mol. The van der Waals surface area contributed by atoms with Gasteiger partial charge in [-0.05, 0) is 36.8 Å². The molecule has 0 fully saturated rings. The maximum absolute atomic E-state index is 13.6. The van der Waals surface area contributed by atoms with Gasteiger partial charge in [-0.25, -0.2) is 4.39 Å². The van der Waals surface area contributed by atoms with Crippen molar-refractivity contribution < 1.29 is 8.60 Å². The quantitative estimate of drug-likeness (QED) is 0.863. The minimum Gasteiger partial charge on any atom is -0.398 e. The lowest BCUT2D eigenvalue weighted by atomic mass is 10.2. The Kier molecular flexibility index (Phi) is 4.37. The van der Waals surface area contributed by atoms with E-state index in [0.717, 1.165) is 10.0 Å². The highest BCUT2D eigenvalue weighted by atomic mass is 79.9. The number of para-hydroxylation sites is 1. The third kappa shape index (κ3) is 3.22. The number of halogens is 2. The highest BCUT2D eigenvalue weighted by molar-refractivity contribution is 9.10. The van der Waals surface area contributed by atoms with Crippen molar-refractivity contribution in [1.29, 1.82) is 0 Å². The van der Waals surface area contributed by atoms with E-state index in [1.165, 1.54) is 6.07 Å². The SMILES string of the molecule is Cc1cccc(S(=O)Cc2cc(Br)ccc2F)c1N. The molecular formula is C14H13BrFNOS. The first-order valence-corrected chi connectivity index (χ1v) is 7.77. The maximum atomic E-state index is 13.6. The van der Waals surface area contributed by atoms with Gasteiger partial charge in [-0.2, -0.15) is 0 Å². The summed E-state index contributed by atoms with van der Waals surface area (Å²) >= 11 is 3.28. The standard InChI is InChI=1S/C14H13BrFNOS/c1-9-3-2-4-13(14(9)17)19(18)8-10-7-11(15)5-6-12(10)16/h2-7H,8,17H2,1H3. The molecule has 2 nitrogen and oxygen atoms in total. The molecule has 0 aliphatic heterocycles. The first kappa shape index (κ1) is 14.2. The first-order chi connectivity index (χ1) is 8.99. The molecule has 0 bridgehead atoms. The number of hydrogen-bond donors (Lipinski definition) is 1. The van der Waals surface area contributed by atoms with E-state index < -0.39 is 10.8 Å². The average Bonchev–Trinajstić information content (AvgIpc) is 2.37. The molecule has 0 saturated carbocycles. The summed E-state index contributed by atoms with van der Waals surface area (Å²) < 4.78 is 26.7. The van der Waals surface area contributed by atoms with Gasteiger partial charge in [-0.15, -0.1) is 0 Å². The van der Waals surface area contributed by atoms with Crippen LogP contribution in [0.15, 0.2) is 45.8 Å². The number of anilines is 1. The van der Waals surface area contributed by atoms with Crippen molar-refractivity contribution in [1.82, 2.24) is 0 Å². The molecule has 0 aromatic heterocycles. The molecule has 0 saturated heterocycles. The van der Waals surface area contributed by atoms with Crippen LogP contribution in [0.25, 0.3) is 0 Å². The topological polar surface area (TPSA) is 43.1 Å². The molecule has 0 heterocycles. The summed E-state index contributed by atoms with van der Waals surface area (Å²) in [6.45, 7) is 1.86. The zero-order chi connectivity index (χ0) is 14.0. The second kappa shape index (κ2) is 5.84. The molecular weight excluding hydrogens is 329 g/mol. The molecule has 0 spiro atoms. The van der Waals surface area contributed by atoms with Gasteiger partial charge in [0.05, 0.1) is 27.1 Å². The van der Waals surface area contributed by atoms with Crippen molar-refractivity contribution in [3.63, 3.8) is 0 Å². The van der Waals surface area contributed by atoms with Crippen LogP contribution < -0.4 is 5.73 Å². The van der Waals surface area contributed by atoms with Gasteiger partial charge in [0.1, 0.15) is 5.82 Å². The highest BCUT2D eigenvalue weighted by Gasteiger charge is 2.13. The summed E-state index contributed by atoms with van der Waals surface area (Å²) in [7, 11) is -1.36. The Morgan fingerprint density at radius 2 is 2.05 bits per heavy atom. The minimum atomic E-state index is -1.36. The van der Waals surface area contributed by atoms with Gasteiger partial charge in [0.2, 0.25) is 0 Å². The molecule has 0 aliphatic rings. The van der Waals surface area contributed by atoms with Crippen molar-refractivity contribution in [2.24, 2.45) is 0 Å². The van der Waals surface area contributed by atoms with E-state index in [9.17, 15) is 8.60 Å². The smallest absolute Gasteiger partial charge is 0.127 e. The first-order valence-electron chi connectivity index (χ1n) is 5.66. The van der Waals surface area contributed by atoms with E-state index in [0.29, 0.717) is 16.1 Å². The lowest BCUT2D eigenvalue weighted by Gasteiger charge is -2.09. The molecule has 0 radical (unpaired) electrons. The number of nitrogen functional groups attached to an aromatic ring is 1. The van der Waals surface area contributed by atoms with Crippen molar-refractivity contribution in [2.75, 3.05) is 5.73 Å². The molecule has 2 aromatic rings. The van der Waals surface area contributed by atoms with Crippen LogP contribution in [0.3, 0.4) is 0 Å². The molecule has 1 unspecified atom stereocenters. The zero-order valence-electron chi connectivity index (χ0n) is 10.3. The van der Waals surface area contributed by atoms with Crippen molar-refractivity contribution >= 4 is 32.4 Å². The van der Waals surface area contributed by atoms with Crippen molar-refractivity contribution in [3.8, 4) is 0 Å². The van der Waals surface area contributed by atoms with E-state index in [1.807, 2.05) is 13.0 Å². The summed E-state index contributed by atoms with van der Waals surface area (Å²) in [5.74, 6) is -0.248. The van der Waals surface area contributed by atoms with Gasteiger partial charge in [-0.1, -0.05) is 28.1 Å². The predicted octanol–water partition coefficient (Wildman–Crippen LogP) is 3.79. The number of rotatable bonds is 3. The predicted molar refractivity (Wildman–Crippen MR) is 79.8 cm³/mol. The number of hydrogen-bond acceptors (Lipinski definition) is 2. The highest BCUT2D eigenvalue weighted by Crippen LogP contribution is 2.24. The van der Waals surface area contributed by atoms with E-state index in [1.54, 1.807) is 24.3 Å². The van der Waals surface area contributed by atoms with E-state index in [4.69, 9.17) is 5.73 Å². The second-order valence-corrected chi connectivity index (χ2v) is 6.55.